The number of non-ortho nitro benzene ring substituents is 1. The van der Waals surface area contributed by atoms with Crippen molar-refractivity contribution in [2.75, 3.05) is 25.3 Å². The van der Waals surface area contributed by atoms with Crippen LogP contribution in [0.3, 0.4) is 0 Å². The Balaban J connectivity index is 1.66. The molecular weight excluding hydrogens is 469 g/mol. The number of nitro groups is 1. The molecule has 0 aliphatic rings. The van der Waals surface area contributed by atoms with Crippen molar-refractivity contribution in [3.05, 3.63) is 50.5 Å². The standard InChI is InChI=1S/C18H15Cl2N5O5S/c1-29-11-3-9(4-12(7-11)30-2)17-22-18(24-23-17)31-8-15(26)21-16-13(19)5-10(25(27)28)6-14(16)20/h3-7H,8H2,1-2H3,(H,21,26)(H,22,23,24). The number of halogens is 2. The molecule has 0 saturated heterocycles. The predicted octanol–water partition coefficient (Wildman–Crippen LogP) is 4.43. The molecule has 0 radical (unpaired) electrons. The van der Waals surface area contributed by atoms with Gasteiger partial charge in [0.15, 0.2) is 5.82 Å². The maximum atomic E-state index is 12.3. The second-order valence-corrected chi connectivity index (χ2v) is 7.70. The molecule has 0 bridgehead atoms. The van der Waals surface area contributed by atoms with Crippen LogP contribution in [0.4, 0.5) is 11.4 Å². The van der Waals surface area contributed by atoms with Crippen LogP contribution >= 0.6 is 35.0 Å². The number of methoxy groups -OCH3 is 2. The van der Waals surface area contributed by atoms with Crippen LogP contribution in [-0.2, 0) is 4.79 Å². The summed E-state index contributed by atoms with van der Waals surface area (Å²) in [6, 6.07) is 7.49. The number of nitrogens with zero attached hydrogens (tertiary/aromatic N) is 3. The van der Waals surface area contributed by atoms with Crippen LogP contribution in [-0.4, -0.2) is 46.0 Å². The van der Waals surface area contributed by atoms with E-state index in [1.807, 2.05) is 0 Å². The normalized spacial score (nSPS) is 10.6. The Morgan fingerprint density at radius 2 is 1.77 bits per heavy atom. The summed E-state index contributed by atoms with van der Waals surface area (Å²) < 4.78 is 10.5. The number of carbonyl (C=O) groups excluding carboxylic acids is 1. The van der Waals surface area contributed by atoms with Gasteiger partial charge in [-0.15, -0.1) is 5.10 Å². The van der Waals surface area contributed by atoms with Gasteiger partial charge >= 0.3 is 0 Å². The van der Waals surface area contributed by atoms with Crippen molar-refractivity contribution in [2.45, 2.75) is 5.16 Å². The van der Waals surface area contributed by atoms with Crippen LogP contribution in [0, 0.1) is 10.1 Å². The number of aromatic amines is 1. The highest BCUT2D eigenvalue weighted by molar-refractivity contribution is 7.99. The van der Waals surface area contributed by atoms with Gasteiger partial charge in [0.1, 0.15) is 11.5 Å². The highest BCUT2D eigenvalue weighted by Crippen LogP contribution is 2.35. The summed E-state index contributed by atoms with van der Waals surface area (Å²) in [5.41, 5.74) is 0.521. The molecule has 1 aromatic heterocycles. The van der Waals surface area contributed by atoms with Crippen molar-refractivity contribution < 1.29 is 19.2 Å². The quantitative estimate of drug-likeness (QED) is 0.273. The second-order valence-electron chi connectivity index (χ2n) is 5.95. The van der Waals surface area contributed by atoms with Crippen molar-refractivity contribution in [1.82, 2.24) is 15.2 Å². The Kier molecular flexibility index (Phi) is 7.21. The molecule has 1 amide bonds. The fourth-order valence-electron chi connectivity index (χ4n) is 2.47. The molecule has 10 nitrogen and oxygen atoms in total. The van der Waals surface area contributed by atoms with Crippen LogP contribution in [0.2, 0.25) is 10.0 Å². The van der Waals surface area contributed by atoms with Crippen LogP contribution < -0.4 is 14.8 Å². The van der Waals surface area contributed by atoms with Crippen LogP contribution in [0.1, 0.15) is 0 Å². The van der Waals surface area contributed by atoms with Crippen LogP contribution in [0.15, 0.2) is 35.5 Å². The van der Waals surface area contributed by atoms with E-state index in [1.165, 1.54) is 0 Å². The summed E-state index contributed by atoms with van der Waals surface area (Å²) in [5, 5.41) is 20.5. The molecule has 0 aliphatic carbocycles. The monoisotopic (exact) mass is 483 g/mol. The van der Waals surface area contributed by atoms with Gasteiger partial charge in [-0.25, -0.2) is 4.98 Å². The Labute approximate surface area is 190 Å². The lowest BCUT2D eigenvalue weighted by atomic mass is 10.2. The maximum absolute atomic E-state index is 12.3. The van der Waals surface area contributed by atoms with E-state index in [0.29, 0.717) is 28.0 Å². The van der Waals surface area contributed by atoms with Crippen molar-refractivity contribution in [3.8, 4) is 22.9 Å². The smallest absolute Gasteiger partial charge is 0.272 e. The van der Waals surface area contributed by atoms with E-state index in [0.717, 1.165) is 23.9 Å². The van der Waals surface area contributed by atoms with E-state index >= 15 is 0 Å². The lowest BCUT2D eigenvalue weighted by molar-refractivity contribution is -0.384. The third-order valence-electron chi connectivity index (χ3n) is 3.92. The minimum atomic E-state index is -0.627. The van der Waals surface area contributed by atoms with E-state index in [2.05, 4.69) is 20.5 Å². The predicted molar refractivity (Wildman–Crippen MR) is 117 cm³/mol. The van der Waals surface area contributed by atoms with Crippen molar-refractivity contribution in [3.63, 3.8) is 0 Å². The fraction of sp³-hybridized carbons (Fsp3) is 0.167. The number of ether oxygens (including phenoxy) is 2. The number of anilines is 1. The molecule has 1 heterocycles. The van der Waals surface area contributed by atoms with Crippen molar-refractivity contribution in [1.29, 1.82) is 0 Å². The van der Waals surface area contributed by atoms with E-state index < -0.39 is 10.8 Å². The molecule has 0 spiro atoms. The fourth-order valence-corrected chi connectivity index (χ4v) is 3.64. The zero-order valence-electron chi connectivity index (χ0n) is 16.1. The molecule has 3 rings (SSSR count). The Hall–Kier alpha value is -3.02. The number of nitrogens with one attached hydrogen (secondary N) is 2. The first-order chi connectivity index (χ1) is 14.8. The van der Waals surface area contributed by atoms with Crippen LogP contribution in [0.25, 0.3) is 11.4 Å². The number of hydrogen-bond acceptors (Lipinski definition) is 8. The maximum Gasteiger partial charge on any atom is 0.272 e. The summed E-state index contributed by atoms with van der Waals surface area (Å²) in [6.45, 7) is 0. The topological polar surface area (TPSA) is 132 Å². The molecule has 13 heteroatoms. The number of nitro benzene ring substituents is 1. The number of aromatic nitrogens is 3. The minimum Gasteiger partial charge on any atom is -0.497 e. The first-order valence-electron chi connectivity index (χ1n) is 8.52. The molecule has 0 unspecified atom stereocenters. The number of amides is 1. The van der Waals surface area contributed by atoms with Gasteiger partial charge in [0, 0.05) is 23.8 Å². The zero-order valence-corrected chi connectivity index (χ0v) is 18.5. The molecular formula is C18H15Cl2N5O5S. The molecule has 2 N–H and O–H groups in total. The Morgan fingerprint density at radius 1 is 1.16 bits per heavy atom. The minimum absolute atomic E-state index is 0.0373. The van der Waals surface area contributed by atoms with Gasteiger partial charge in [0.2, 0.25) is 11.1 Å². The van der Waals surface area contributed by atoms with Gasteiger partial charge in [-0.3, -0.25) is 20.0 Å². The van der Waals surface area contributed by atoms with Gasteiger partial charge in [-0.2, -0.15) is 0 Å². The molecule has 0 atom stereocenters. The van der Waals surface area contributed by atoms with Gasteiger partial charge in [0.05, 0.1) is 40.6 Å². The highest BCUT2D eigenvalue weighted by atomic mass is 35.5. The summed E-state index contributed by atoms with van der Waals surface area (Å²) >= 11 is 13.1. The van der Waals surface area contributed by atoms with E-state index in [1.54, 1.807) is 32.4 Å². The summed E-state index contributed by atoms with van der Waals surface area (Å²) in [6.07, 6.45) is 0. The summed E-state index contributed by atoms with van der Waals surface area (Å²) in [5.74, 6) is 1.19. The lowest BCUT2D eigenvalue weighted by Gasteiger charge is -2.08. The average Bonchev–Trinajstić information content (AvgIpc) is 3.23. The molecule has 3 aromatic rings. The van der Waals surface area contributed by atoms with Crippen molar-refractivity contribution >= 4 is 52.2 Å². The molecule has 0 aliphatic heterocycles. The van der Waals surface area contributed by atoms with E-state index in [9.17, 15) is 14.9 Å². The average molecular weight is 484 g/mol. The van der Waals surface area contributed by atoms with Gasteiger partial charge in [0.25, 0.3) is 5.69 Å². The second kappa shape index (κ2) is 9.86. The van der Waals surface area contributed by atoms with Gasteiger partial charge in [-0.05, 0) is 12.1 Å². The number of benzene rings is 2. The lowest BCUT2D eigenvalue weighted by Crippen LogP contribution is -2.15. The largest absolute Gasteiger partial charge is 0.497 e. The third kappa shape index (κ3) is 5.57. The first kappa shape index (κ1) is 22.7. The van der Waals surface area contributed by atoms with Gasteiger partial charge < -0.3 is 14.8 Å². The number of H-pyrrole nitrogens is 1. The van der Waals surface area contributed by atoms with Crippen LogP contribution in [0.5, 0.6) is 11.5 Å². The molecule has 162 valence electrons. The first-order valence-corrected chi connectivity index (χ1v) is 10.3. The number of carbonyl (C=O) groups is 1. The Morgan fingerprint density at radius 3 is 2.32 bits per heavy atom. The molecule has 0 saturated carbocycles. The van der Waals surface area contributed by atoms with Crippen molar-refractivity contribution in [2.24, 2.45) is 0 Å². The molecule has 31 heavy (non-hydrogen) atoms. The highest BCUT2D eigenvalue weighted by Gasteiger charge is 2.17. The SMILES string of the molecule is COc1cc(OC)cc(-c2nc(SCC(=O)Nc3c(Cl)cc([N+](=O)[O-])cc3Cl)n[nH]2)c1. The molecule has 2 aromatic carbocycles. The number of rotatable bonds is 8. The summed E-state index contributed by atoms with van der Waals surface area (Å²) in [7, 11) is 3.09. The number of hydrogen-bond donors (Lipinski definition) is 2. The van der Waals surface area contributed by atoms with E-state index in [4.69, 9.17) is 32.7 Å². The van der Waals surface area contributed by atoms with Gasteiger partial charge in [-0.1, -0.05) is 35.0 Å². The number of thioether (sulfide) groups is 1. The Bertz CT molecular complexity index is 1100. The zero-order chi connectivity index (χ0) is 22.5. The summed E-state index contributed by atoms with van der Waals surface area (Å²) in [4.78, 5) is 26.8. The third-order valence-corrected chi connectivity index (χ3v) is 5.37. The van der Waals surface area contributed by atoms with E-state index in [-0.39, 0.29) is 27.2 Å². The molecule has 0 fully saturated rings.